The third-order valence-electron chi connectivity index (χ3n) is 15.2. The number of hydrogen-bond acceptors (Lipinski definition) is 5. The van der Waals surface area contributed by atoms with Gasteiger partial charge in [-0.1, -0.05) is 294 Å². The molecule has 3 N–H and O–H groups in total. The molecule has 0 aliphatic carbocycles. The van der Waals surface area contributed by atoms with E-state index in [0.717, 1.165) is 64.2 Å². The number of hydrogen-bond donors (Lipinski definition) is 3. The van der Waals surface area contributed by atoms with Crippen molar-refractivity contribution in [2.75, 3.05) is 13.2 Å². The fourth-order valence-electron chi connectivity index (χ4n) is 10.1. The Bertz CT molecular complexity index is 1180. The van der Waals surface area contributed by atoms with E-state index in [2.05, 4.69) is 55.6 Å². The summed E-state index contributed by atoms with van der Waals surface area (Å²) in [7, 11) is 0. The van der Waals surface area contributed by atoms with Gasteiger partial charge in [0.25, 0.3) is 0 Å². The Morgan fingerprint density at radius 2 is 0.685 bits per heavy atom. The molecule has 6 heteroatoms. The van der Waals surface area contributed by atoms with Crippen LogP contribution in [-0.4, -0.2) is 47.4 Å². The molecule has 0 aromatic rings. The van der Waals surface area contributed by atoms with Crippen LogP contribution in [0.4, 0.5) is 0 Å². The minimum Gasteiger partial charge on any atom is -0.466 e. The first-order valence-electron chi connectivity index (χ1n) is 32.7. The van der Waals surface area contributed by atoms with Gasteiger partial charge in [0.05, 0.1) is 25.4 Å². The van der Waals surface area contributed by atoms with E-state index in [1.165, 1.54) is 257 Å². The Hall–Kier alpha value is -1.92. The smallest absolute Gasteiger partial charge is 0.305 e. The van der Waals surface area contributed by atoms with Crippen molar-refractivity contribution in [2.24, 2.45) is 0 Å². The third kappa shape index (κ3) is 59.2. The first-order valence-corrected chi connectivity index (χ1v) is 32.7. The molecular weight excluding hydrogens is 899 g/mol. The summed E-state index contributed by atoms with van der Waals surface area (Å²) < 4.78 is 5.49. The number of amides is 1. The van der Waals surface area contributed by atoms with E-state index in [4.69, 9.17) is 4.74 Å². The molecule has 430 valence electrons. The molecule has 0 fully saturated rings. The van der Waals surface area contributed by atoms with Crippen molar-refractivity contribution in [3.05, 3.63) is 36.5 Å². The fourth-order valence-corrected chi connectivity index (χ4v) is 10.1. The van der Waals surface area contributed by atoms with E-state index in [9.17, 15) is 19.8 Å². The highest BCUT2D eigenvalue weighted by Crippen LogP contribution is 2.18. The Balaban J connectivity index is 3.44. The summed E-state index contributed by atoms with van der Waals surface area (Å²) in [6.45, 7) is 4.94. The molecule has 1 amide bonds. The Morgan fingerprint density at radius 1 is 0.384 bits per heavy atom. The number of unbranched alkanes of at least 4 members (excludes halogenated alkanes) is 44. The highest BCUT2D eigenvalue weighted by Gasteiger charge is 2.20. The van der Waals surface area contributed by atoms with Crippen LogP contribution < -0.4 is 5.32 Å². The number of allylic oxidation sites excluding steroid dienone is 6. The van der Waals surface area contributed by atoms with Crippen LogP contribution in [0.2, 0.25) is 0 Å². The van der Waals surface area contributed by atoms with Gasteiger partial charge in [-0.2, -0.15) is 0 Å². The summed E-state index contributed by atoms with van der Waals surface area (Å²) in [6, 6.07) is -0.553. The molecule has 2 atom stereocenters. The molecular formula is C67H127NO5. The van der Waals surface area contributed by atoms with E-state index < -0.39 is 12.1 Å². The molecule has 0 heterocycles. The number of esters is 1. The quantitative estimate of drug-likeness (QED) is 0.0320. The Kier molecular flexibility index (Phi) is 61.0. The summed E-state index contributed by atoms with van der Waals surface area (Å²) >= 11 is 0. The third-order valence-corrected chi connectivity index (χ3v) is 15.2. The van der Waals surface area contributed by atoms with Gasteiger partial charge < -0.3 is 20.3 Å². The lowest BCUT2D eigenvalue weighted by molar-refractivity contribution is -0.143. The molecule has 0 spiro atoms. The molecule has 0 rings (SSSR count). The highest BCUT2D eigenvalue weighted by molar-refractivity contribution is 5.76. The maximum absolute atomic E-state index is 12.5. The minimum atomic E-state index is -0.674. The van der Waals surface area contributed by atoms with Crippen LogP contribution in [-0.2, 0) is 14.3 Å². The minimum absolute atomic E-state index is 0.000268. The van der Waals surface area contributed by atoms with Crippen molar-refractivity contribution in [1.82, 2.24) is 5.32 Å². The van der Waals surface area contributed by atoms with Crippen molar-refractivity contribution in [1.29, 1.82) is 0 Å². The first-order chi connectivity index (χ1) is 36.0. The Labute approximate surface area is 455 Å². The fraction of sp³-hybridized carbons (Fsp3) is 0.881. The second kappa shape index (κ2) is 62.6. The number of nitrogens with one attached hydrogen (secondary N) is 1. The zero-order chi connectivity index (χ0) is 52.9. The largest absolute Gasteiger partial charge is 0.466 e. The molecule has 0 saturated carbocycles. The van der Waals surface area contributed by atoms with Crippen LogP contribution in [0.25, 0.3) is 0 Å². The number of aliphatic hydroxyl groups excluding tert-OH is 2. The molecule has 2 unspecified atom stereocenters. The van der Waals surface area contributed by atoms with Gasteiger partial charge in [0, 0.05) is 12.8 Å². The van der Waals surface area contributed by atoms with Crippen molar-refractivity contribution in [2.45, 2.75) is 366 Å². The van der Waals surface area contributed by atoms with Gasteiger partial charge in [-0.05, 0) is 83.5 Å². The lowest BCUT2D eigenvalue weighted by Gasteiger charge is -2.22. The average molecular weight is 1030 g/mol. The molecule has 0 aromatic heterocycles. The van der Waals surface area contributed by atoms with Gasteiger partial charge in [0.15, 0.2) is 0 Å². The molecule has 0 radical (unpaired) electrons. The topological polar surface area (TPSA) is 95.9 Å². The molecule has 0 aliphatic rings. The van der Waals surface area contributed by atoms with Gasteiger partial charge in [0.2, 0.25) is 5.91 Å². The average Bonchev–Trinajstić information content (AvgIpc) is 3.39. The molecule has 0 saturated heterocycles. The van der Waals surface area contributed by atoms with Crippen LogP contribution in [0.5, 0.6) is 0 Å². The van der Waals surface area contributed by atoms with Crippen LogP contribution in [0, 0.1) is 0 Å². The van der Waals surface area contributed by atoms with Crippen molar-refractivity contribution >= 4 is 11.9 Å². The molecule has 0 aromatic carbocycles. The van der Waals surface area contributed by atoms with E-state index in [0.29, 0.717) is 25.9 Å². The van der Waals surface area contributed by atoms with Gasteiger partial charge in [-0.3, -0.25) is 9.59 Å². The van der Waals surface area contributed by atoms with Gasteiger partial charge in [-0.25, -0.2) is 0 Å². The van der Waals surface area contributed by atoms with Crippen molar-refractivity contribution < 1.29 is 24.5 Å². The number of aliphatic hydroxyl groups is 2. The maximum Gasteiger partial charge on any atom is 0.305 e. The predicted molar refractivity (Wildman–Crippen MR) is 319 cm³/mol. The first kappa shape index (κ1) is 71.1. The van der Waals surface area contributed by atoms with E-state index in [1.54, 1.807) is 0 Å². The molecule has 73 heavy (non-hydrogen) atoms. The molecule has 6 nitrogen and oxygen atoms in total. The normalized spacial score (nSPS) is 12.8. The Morgan fingerprint density at radius 3 is 1.08 bits per heavy atom. The standard InChI is InChI=1S/C67H127NO5/c1-3-5-7-9-11-13-15-17-19-21-23-27-31-35-39-43-47-51-55-59-65(70)64(63-69)68-66(71)60-56-52-48-44-40-36-32-28-25-26-30-34-38-42-46-50-54-58-62-73-67(72)61-57-53-49-45-41-37-33-29-24-22-20-18-16-14-12-10-8-6-4-2/h12,14,18,20,28,32,64-65,69-70H,3-11,13,15-17,19,21-27,29-31,33-63H2,1-2H3,(H,68,71)/b14-12-,20-18-,32-28-. The highest BCUT2D eigenvalue weighted by atomic mass is 16.5. The number of ether oxygens (including phenoxy) is 1. The van der Waals surface area contributed by atoms with Crippen LogP contribution in [0.15, 0.2) is 36.5 Å². The van der Waals surface area contributed by atoms with Gasteiger partial charge in [0.1, 0.15) is 0 Å². The van der Waals surface area contributed by atoms with E-state index in [-0.39, 0.29) is 18.5 Å². The van der Waals surface area contributed by atoms with E-state index in [1.807, 2.05) is 0 Å². The summed E-state index contributed by atoms with van der Waals surface area (Å²) in [4.78, 5) is 24.6. The number of rotatable bonds is 61. The lowest BCUT2D eigenvalue weighted by Crippen LogP contribution is -2.45. The van der Waals surface area contributed by atoms with E-state index >= 15 is 0 Å². The molecule has 0 aliphatic heterocycles. The summed E-state index contributed by atoms with van der Waals surface area (Å²) in [5, 5.41) is 23.4. The SMILES string of the molecule is CCCCC/C=C\C/C=C\CCCCCCCCCCCC(=O)OCCCCCCCCCCC/C=C\CCCCCCCC(=O)NC(CO)C(O)CCCCCCCCCCCCCCCCCCCCC. The van der Waals surface area contributed by atoms with Gasteiger partial charge in [-0.15, -0.1) is 0 Å². The van der Waals surface area contributed by atoms with Crippen LogP contribution in [0.3, 0.4) is 0 Å². The van der Waals surface area contributed by atoms with Crippen molar-refractivity contribution in [3.8, 4) is 0 Å². The predicted octanol–water partition coefficient (Wildman–Crippen LogP) is 20.8. The zero-order valence-electron chi connectivity index (χ0n) is 49.1. The number of carbonyl (C=O) groups excluding carboxylic acids is 2. The molecule has 0 bridgehead atoms. The van der Waals surface area contributed by atoms with Crippen LogP contribution in [0.1, 0.15) is 354 Å². The zero-order valence-corrected chi connectivity index (χ0v) is 49.1. The maximum atomic E-state index is 12.5. The summed E-state index contributed by atoms with van der Waals surface area (Å²) in [6.07, 6.45) is 78.7. The number of carbonyl (C=O) groups is 2. The summed E-state index contributed by atoms with van der Waals surface area (Å²) in [5.74, 6) is -0.0470. The monoisotopic (exact) mass is 1030 g/mol. The van der Waals surface area contributed by atoms with Crippen molar-refractivity contribution in [3.63, 3.8) is 0 Å². The summed E-state index contributed by atoms with van der Waals surface area (Å²) in [5.41, 5.74) is 0. The second-order valence-electron chi connectivity index (χ2n) is 22.4. The lowest BCUT2D eigenvalue weighted by atomic mass is 10.0. The second-order valence-corrected chi connectivity index (χ2v) is 22.4. The van der Waals surface area contributed by atoms with Crippen LogP contribution >= 0.6 is 0 Å². The van der Waals surface area contributed by atoms with Gasteiger partial charge >= 0.3 is 5.97 Å².